The summed E-state index contributed by atoms with van der Waals surface area (Å²) in [4.78, 5) is 0. The molecule has 0 aromatic carbocycles. The van der Waals surface area contributed by atoms with Crippen molar-refractivity contribution in [2.24, 2.45) is 17.3 Å². The molecule has 2 atom stereocenters. The Morgan fingerprint density at radius 1 is 1.35 bits per heavy atom. The van der Waals surface area contributed by atoms with E-state index in [4.69, 9.17) is 5.10 Å². The van der Waals surface area contributed by atoms with E-state index in [1.54, 1.807) is 0 Å². The highest BCUT2D eigenvalue weighted by molar-refractivity contribution is 5.11. The zero-order chi connectivity index (χ0) is 13.7. The molecule has 1 heterocycles. The van der Waals surface area contributed by atoms with E-state index in [0.717, 1.165) is 17.9 Å². The largest absolute Gasteiger partial charge is 0.313 e. The number of aromatic nitrogens is 2. The van der Waals surface area contributed by atoms with Crippen LogP contribution in [-0.2, 0) is 6.42 Å². The van der Waals surface area contributed by atoms with Gasteiger partial charge in [0.1, 0.15) is 0 Å². The summed E-state index contributed by atoms with van der Waals surface area (Å²) in [5.41, 5.74) is 1.81. The van der Waals surface area contributed by atoms with E-state index in [1.807, 2.05) is 0 Å². The molecule has 4 rings (SSSR count). The molecular formula is C17H27N3. The molecule has 3 saturated carbocycles. The molecule has 0 saturated heterocycles. The van der Waals surface area contributed by atoms with Crippen LogP contribution in [0.5, 0.6) is 0 Å². The molecule has 0 amide bonds. The predicted molar refractivity (Wildman–Crippen MR) is 80.6 cm³/mol. The van der Waals surface area contributed by atoms with Gasteiger partial charge in [-0.15, -0.1) is 0 Å². The molecule has 1 aromatic heterocycles. The summed E-state index contributed by atoms with van der Waals surface area (Å²) in [6.45, 7) is 5.62. The van der Waals surface area contributed by atoms with E-state index < -0.39 is 0 Å². The second-order valence-corrected chi connectivity index (χ2v) is 7.88. The Labute approximate surface area is 122 Å². The number of hydrogen-bond acceptors (Lipinski definition) is 2. The van der Waals surface area contributed by atoms with Crippen molar-refractivity contribution in [3.05, 3.63) is 18.0 Å². The first-order valence-electron chi connectivity index (χ1n) is 8.41. The van der Waals surface area contributed by atoms with Crippen LogP contribution < -0.4 is 5.32 Å². The van der Waals surface area contributed by atoms with Gasteiger partial charge in [-0.25, -0.2) is 0 Å². The molecule has 3 aliphatic carbocycles. The molecule has 3 fully saturated rings. The summed E-state index contributed by atoms with van der Waals surface area (Å²) in [5.74, 6) is 2.09. The first-order valence-corrected chi connectivity index (χ1v) is 8.41. The number of nitrogens with zero attached hydrogens (tertiary/aromatic N) is 2. The van der Waals surface area contributed by atoms with E-state index in [-0.39, 0.29) is 0 Å². The van der Waals surface area contributed by atoms with Crippen LogP contribution in [0, 0.1) is 17.3 Å². The van der Waals surface area contributed by atoms with Crippen LogP contribution in [0.1, 0.15) is 57.7 Å². The Hall–Kier alpha value is -0.830. The minimum absolute atomic E-state index is 0.473. The smallest absolute Gasteiger partial charge is 0.0630 e. The SMILES string of the molecule is CC(C)n1ccc(CC2(CNC3CC3)CC3CC3C2)n1. The van der Waals surface area contributed by atoms with Gasteiger partial charge in [-0.05, 0) is 75.7 Å². The van der Waals surface area contributed by atoms with Gasteiger partial charge in [0.15, 0.2) is 0 Å². The summed E-state index contributed by atoms with van der Waals surface area (Å²) in [6.07, 6.45) is 10.5. The van der Waals surface area contributed by atoms with Crippen molar-refractivity contribution >= 4 is 0 Å². The van der Waals surface area contributed by atoms with E-state index >= 15 is 0 Å². The summed E-state index contributed by atoms with van der Waals surface area (Å²) in [7, 11) is 0. The van der Waals surface area contributed by atoms with E-state index in [0.29, 0.717) is 11.5 Å². The minimum Gasteiger partial charge on any atom is -0.313 e. The summed E-state index contributed by atoms with van der Waals surface area (Å²) in [6, 6.07) is 3.54. The van der Waals surface area contributed by atoms with Crippen molar-refractivity contribution in [3.63, 3.8) is 0 Å². The van der Waals surface area contributed by atoms with Gasteiger partial charge in [-0.1, -0.05) is 0 Å². The lowest BCUT2D eigenvalue weighted by Crippen LogP contribution is -2.36. The fraction of sp³-hybridized carbons (Fsp3) is 0.824. The van der Waals surface area contributed by atoms with Crippen LogP contribution in [0.25, 0.3) is 0 Å². The van der Waals surface area contributed by atoms with Crippen molar-refractivity contribution in [2.75, 3.05) is 6.54 Å². The van der Waals surface area contributed by atoms with Crippen LogP contribution in [0.15, 0.2) is 12.3 Å². The average molecular weight is 273 g/mol. The number of nitrogens with one attached hydrogen (secondary N) is 1. The van der Waals surface area contributed by atoms with E-state index in [9.17, 15) is 0 Å². The summed E-state index contributed by atoms with van der Waals surface area (Å²) < 4.78 is 2.10. The van der Waals surface area contributed by atoms with Crippen LogP contribution in [0.4, 0.5) is 0 Å². The van der Waals surface area contributed by atoms with Crippen LogP contribution in [-0.4, -0.2) is 22.4 Å². The Morgan fingerprint density at radius 2 is 2.10 bits per heavy atom. The van der Waals surface area contributed by atoms with Crippen molar-refractivity contribution < 1.29 is 0 Å². The van der Waals surface area contributed by atoms with Crippen LogP contribution >= 0.6 is 0 Å². The third kappa shape index (κ3) is 2.52. The lowest BCUT2D eigenvalue weighted by Gasteiger charge is -2.31. The monoisotopic (exact) mass is 273 g/mol. The topological polar surface area (TPSA) is 29.9 Å². The third-order valence-corrected chi connectivity index (χ3v) is 5.55. The van der Waals surface area contributed by atoms with Gasteiger partial charge in [0.05, 0.1) is 5.69 Å². The molecule has 0 radical (unpaired) electrons. The zero-order valence-electron chi connectivity index (χ0n) is 12.8. The highest BCUT2D eigenvalue weighted by atomic mass is 15.3. The van der Waals surface area contributed by atoms with Crippen LogP contribution in [0.2, 0.25) is 0 Å². The molecular weight excluding hydrogens is 246 g/mol. The molecule has 1 N–H and O–H groups in total. The third-order valence-electron chi connectivity index (χ3n) is 5.55. The van der Waals surface area contributed by atoms with Gasteiger partial charge >= 0.3 is 0 Å². The maximum absolute atomic E-state index is 4.79. The first-order chi connectivity index (χ1) is 9.63. The van der Waals surface area contributed by atoms with E-state index in [1.165, 1.54) is 50.8 Å². The average Bonchev–Trinajstić information content (AvgIpc) is 3.29. The molecule has 2 unspecified atom stereocenters. The first kappa shape index (κ1) is 12.9. The highest BCUT2D eigenvalue weighted by Gasteiger charge is 2.53. The van der Waals surface area contributed by atoms with Crippen molar-refractivity contribution in [2.45, 2.75) is 64.5 Å². The van der Waals surface area contributed by atoms with Gasteiger partial charge in [0.25, 0.3) is 0 Å². The van der Waals surface area contributed by atoms with Crippen molar-refractivity contribution in [1.82, 2.24) is 15.1 Å². The second kappa shape index (κ2) is 4.59. The van der Waals surface area contributed by atoms with Gasteiger partial charge in [-0.3, -0.25) is 4.68 Å². The molecule has 20 heavy (non-hydrogen) atoms. The molecule has 0 bridgehead atoms. The van der Waals surface area contributed by atoms with Crippen molar-refractivity contribution in [3.8, 4) is 0 Å². The highest BCUT2D eigenvalue weighted by Crippen LogP contribution is 2.60. The Balaban J connectivity index is 1.46. The minimum atomic E-state index is 0.473. The van der Waals surface area contributed by atoms with E-state index in [2.05, 4.69) is 36.1 Å². The molecule has 1 aromatic rings. The maximum atomic E-state index is 4.79. The normalized spacial score (nSPS) is 35.5. The van der Waals surface area contributed by atoms with Gasteiger partial charge in [0, 0.05) is 24.8 Å². The second-order valence-electron chi connectivity index (χ2n) is 7.88. The molecule has 0 spiro atoms. The summed E-state index contributed by atoms with van der Waals surface area (Å²) >= 11 is 0. The number of fused-ring (bicyclic) bond motifs is 1. The summed E-state index contributed by atoms with van der Waals surface area (Å²) in [5, 5.41) is 8.59. The molecule has 3 heteroatoms. The lowest BCUT2D eigenvalue weighted by molar-refractivity contribution is 0.244. The van der Waals surface area contributed by atoms with Crippen molar-refractivity contribution in [1.29, 1.82) is 0 Å². The van der Waals surface area contributed by atoms with Gasteiger partial charge in [0.2, 0.25) is 0 Å². The Kier molecular flexibility index (Phi) is 2.95. The fourth-order valence-corrected chi connectivity index (χ4v) is 4.15. The maximum Gasteiger partial charge on any atom is 0.0630 e. The van der Waals surface area contributed by atoms with Gasteiger partial charge in [-0.2, -0.15) is 5.10 Å². The molecule has 110 valence electrons. The molecule has 3 nitrogen and oxygen atoms in total. The Bertz CT molecular complexity index is 476. The Morgan fingerprint density at radius 3 is 2.70 bits per heavy atom. The standard InChI is InChI=1S/C17H27N3/c1-12(2)20-6-5-16(19-20)10-17(11-18-15-3-4-15)8-13-7-14(13)9-17/h5-6,12-15,18H,3-4,7-11H2,1-2H3. The predicted octanol–water partition coefficient (Wildman–Crippen LogP) is 3.17. The fourth-order valence-electron chi connectivity index (χ4n) is 4.15. The number of rotatable bonds is 6. The van der Waals surface area contributed by atoms with Gasteiger partial charge < -0.3 is 5.32 Å². The number of hydrogen-bond donors (Lipinski definition) is 1. The molecule has 0 aliphatic heterocycles. The van der Waals surface area contributed by atoms with Crippen LogP contribution in [0.3, 0.4) is 0 Å². The zero-order valence-corrected chi connectivity index (χ0v) is 12.8. The quantitative estimate of drug-likeness (QED) is 0.862. The molecule has 3 aliphatic rings. The lowest BCUT2D eigenvalue weighted by atomic mass is 9.78.